The number of likely N-dealkylation sites (N-methyl/N-ethyl adjacent to an activating group) is 1. The molecule has 1 amide bonds. The van der Waals surface area contributed by atoms with Gasteiger partial charge < -0.3 is 9.64 Å². The van der Waals surface area contributed by atoms with E-state index in [2.05, 4.69) is 12.0 Å². The van der Waals surface area contributed by atoms with Gasteiger partial charge in [0.05, 0.1) is 5.69 Å². The molecule has 0 bridgehead atoms. The number of aryl methyl sites for hydroxylation is 2. The van der Waals surface area contributed by atoms with Gasteiger partial charge in [-0.15, -0.1) is 0 Å². The van der Waals surface area contributed by atoms with Crippen LogP contribution in [-0.2, 0) is 17.9 Å². The van der Waals surface area contributed by atoms with Crippen LogP contribution in [0.15, 0.2) is 30.3 Å². The topological polar surface area (TPSA) is 47.4 Å². The number of ether oxygens (including phenoxy) is 1. The van der Waals surface area contributed by atoms with Gasteiger partial charge in [0.15, 0.2) is 6.61 Å². The fraction of sp³-hybridized carbons (Fsp3) is 0.412. The molecule has 0 radical (unpaired) electrons. The molecular formula is C17H23N3O2. The van der Waals surface area contributed by atoms with Crippen molar-refractivity contribution in [2.45, 2.75) is 33.9 Å². The maximum atomic E-state index is 12.2. The van der Waals surface area contributed by atoms with Crippen LogP contribution in [0, 0.1) is 13.8 Å². The third-order valence-electron chi connectivity index (χ3n) is 3.76. The Hall–Kier alpha value is -2.30. The molecule has 0 spiro atoms. The summed E-state index contributed by atoms with van der Waals surface area (Å²) in [7, 11) is 1.79. The molecule has 0 aliphatic carbocycles. The zero-order valence-electron chi connectivity index (χ0n) is 13.7. The van der Waals surface area contributed by atoms with E-state index in [1.54, 1.807) is 11.9 Å². The number of carbonyl (C=O) groups excluding carboxylic acids is 1. The van der Waals surface area contributed by atoms with E-state index in [9.17, 15) is 4.79 Å². The van der Waals surface area contributed by atoms with Crippen LogP contribution in [0.4, 0.5) is 0 Å². The van der Waals surface area contributed by atoms with Crippen molar-refractivity contribution in [2.75, 3.05) is 13.7 Å². The summed E-state index contributed by atoms with van der Waals surface area (Å²) in [6, 6.07) is 9.36. The summed E-state index contributed by atoms with van der Waals surface area (Å²) in [5.41, 5.74) is 3.20. The van der Waals surface area contributed by atoms with Gasteiger partial charge >= 0.3 is 0 Å². The molecule has 0 saturated heterocycles. The fourth-order valence-corrected chi connectivity index (χ4v) is 2.37. The van der Waals surface area contributed by atoms with Crippen LogP contribution < -0.4 is 4.74 Å². The molecule has 0 fully saturated rings. The minimum absolute atomic E-state index is 0.0422. The molecule has 0 unspecified atom stereocenters. The van der Waals surface area contributed by atoms with Crippen LogP contribution >= 0.6 is 0 Å². The molecular weight excluding hydrogens is 278 g/mol. The second-order valence-corrected chi connectivity index (χ2v) is 5.32. The van der Waals surface area contributed by atoms with E-state index in [1.165, 1.54) is 0 Å². The average Bonchev–Trinajstić information content (AvgIpc) is 2.80. The predicted molar refractivity (Wildman–Crippen MR) is 85.8 cm³/mol. The van der Waals surface area contributed by atoms with Gasteiger partial charge in [-0.1, -0.05) is 18.2 Å². The van der Waals surface area contributed by atoms with E-state index in [0.717, 1.165) is 23.5 Å². The van der Waals surface area contributed by atoms with E-state index in [4.69, 9.17) is 4.74 Å². The van der Waals surface area contributed by atoms with Crippen molar-refractivity contribution in [2.24, 2.45) is 0 Å². The molecule has 2 aromatic rings. The Labute approximate surface area is 131 Å². The van der Waals surface area contributed by atoms with Crippen molar-refractivity contribution >= 4 is 5.91 Å². The maximum absolute atomic E-state index is 12.2. The summed E-state index contributed by atoms with van der Waals surface area (Å²) >= 11 is 0. The van der Waals surface area contributed by atoms with Gasteiger partial charge in [0, 0.05) is 31.4 Å². The van der Waals surface area contributed by atoms with Crippen molar-refractivity contribution in [3.63, 3.8) is 0 Å². The first-order valence-electron chi connectivity index (χ1n) is 7.47. The normalized spacial score (nSPS) is 10.5. The molecule has 5 nitrogen and oxygen atoms in total. The lowest BCUT2D eigenvalue weighted by atomic mass is 10.2. The lowest BCUT2D eigenvalue weighted by Crippen LogP contribution is -2.31. The molecule has 0 saturated carbocycles. The first-order chi connectivity index (χ1) is 10.5. The standard InChI is InChI=1S/C17H23N3O2/c1-5-20-14(3)16(13(2)18-20)11-19(4)17(21)12-22-15-9-7-6-8-10-15/h6-10H,5,11-12H2,1-4H3. The first-order valence-corrected chi connectivity index (χ1v) is 7.47. The largest absolute Gasteiger partial charge is 0.484 e. The second-order valence-electron chi connectivity index (χ2n) is 5.32. The van der Waals surface area contributed by atoms with Gasteiger partial charge in [-0.05, 0) is 32.9 Å². The summed E-state index contributed by atoms with van der Waals surface area (Å²) < 4.78 is 7.46. The first kappa shape index (κ1) is 16.1. The third kappa shape index (κ3) is 3.67. The van der Waals surface area contributed by atoms with Crippen molar-refractivity contribution in [1.29, 1.82) is 0 Å². The van der Waals surface area contributed by atoms with Gasteiger partial charge in [-0.25, -0.2) is 0 Å². The Morgan fingerprint density at radius 3 is 2.55 bits per heavy atom. The summed E-state index contributed by atoms with van der Waals surface area (Å²) in [4.78, 5) is 13.9. The van der Waals surface area contributed by atoms with Gasteiger partial charge in [0.2, 0.25) is 0 Å². The van der Waals surface area contributed by atoms with Crippen LogP contribution in [-0.4, -0.2) is 34.2 Å². The minimum Gasteiger partial charge on any atom is -0.484 e. The Kier molecular flexibility index (Phi) is 5.20. The molecule has 118 valence electrons. The maximum Gasteiger partial charge on any atom is 0.260 e. The van der Waals surface area contributed by atoms with Crippen molar-refractivity contribution in [3.8, 4) is 5.75 Å². The number of aromatic nitrogens is 2. The molecule has 22 heavy (non-hydrogen) atoms. The minimum atomic E-state index is -0.0492. The summed E-state index contributed by atoms with van der Waals surface area (Å²) in [6.07, 6.45) is 0. The van der Waals surface area contributed by atoms with Crippen LogP contribution in [0.2, 0.25) is 0 Å². The number of hydrogen-bond donors (Lipinski definition) is 0. The highest BCUT2D eigenvalue weighted by Crippen LogP contribution is 2.15. The summed E-state index contributed by atoms with van der Waals surface area (Å²) in [6.45, 7) is 7.51. The van der Waals surface area contributed by atoms with Gasteiger partial charge in [0.1, 0.15) is 5.75 Å². The monoisotopic (exact) mass is 301 g/mol. The molecule has 1 heterocycles. The highest BCUT2D eigenvalue weighted by Gasteiger charge is 2.16. The van der Waals surface area contributed by atoms with E-state index in [1.807, 2.05) is 48.9 Å². The Morgan fingerprint density at radius 2 is 1.95 bits per heavy atom. The number of amides is 1. The Bertz CT molecular complexity index is 635. The van der Waals surface area contributed by atoms with Crippen LogP contribution in [0.1, 0.15) is 23.9 Å². The number of benzene rings is 1. The smallest absolute Gasteiger partial charge is 0.260 e. The van der Waals surface area contributed by atoms with Crippen LogP contribution in [0.3, 0.4) is 0 Å². The quantitative estimate of drug-likeness (QED) is 0.824. The van der Waals surface area contributed by atoms with E-state index >= 15 is 0 Å². The zero-order valence-corrected chi connectivity index (χ0v) is 13.7. The molecule has 2 rings (SSSR count). The molecule has 0 aliphatic rings. The van der Waals surface area contributed by atoms with E-state index in [0.29, 0.717) is 12.3 Å². The van der Waals surface area contributed by atoms with Crippen LogP contribution in [0.25, 0.3) is 0 Å². The molecule has 1 aromatic carbocycles. The molecule has 0 atom stereocenters. The van der Waals surface area contributed by atoms with E-state index in [-0.39, 0.29) is 12.5 Å². The molecule has 0 N–H and O–H groups in total. The summed E-state index contributed by atoms with van der Waals surface area (Å²) in [5.74, 6) is 0.655. The van der Waals surface area contributed by atoms with Crippen molar-refractivity contribution < 1.29 is 9.53 Å². The Balaban J connectivity index is 1.95. The fourth-order valence-electron chi connectivity index (χ4n) is 2.37. The average molecular weight is 301 g/mol. The lowest BCUT2D eigenvalue weighted by molar-refractivity contribution is -0.132. The highest BCUT2D eigenvalue weighted by molar-refractivity contribution is 5.77. The number of hydrogen-bond acceptors (Lipinski definition) is 3. The second kappa shape index (κ2) is 7.11. The third-order valence-corrected chi connectivity index (χ3v) is 3.76. The van der Waals surface area contributed by atoms with E-state index < -0.39 is 0 Å². The van der Waals surface area contributed by atoms with Crippen molar-refractivity contribution in [1.82, 2.24) is 14.7 Å². The molecule has 0 aliphatic heterocycles. The van der Waals surface area contributed by atoms with Gasteiger partial charge in [0.25, 0.3) is 5.91 Å². The highest BCUT2D eigenvalue weighted by atomic mass is 16.5. The predicted octanol–water partition coefficient (Wildman–Crippen LogP) is 2.56. The van der Waals surface area contributed by atoms with Crippen LogP contribution in [0.5, 0.6) is 5.75 Å². The number of nitrogens with zero attached hydrogens (tertiary/aromatic N) is 3. The van der Waals surface area contributed by atoms with Crippen molar-refractivity contribution in [3.05, 3.63) is 47.3 Å². The van der Waals surface area contributed by atoms with Gasteiger partial charge in [-0.2, -0.15) is 5.10 Å². The number of carbonyl (C=O) groups is 1. The summed E-state index contributed by atoms with van der Waals surface area (Å²) in [5, 5.41) is 4.48. The molecule has 5 heteroatoms. The molecule has 1 aromatic heterocycles. The van der Waals surface area contributed by atoms with Gasteiger partial charge in [-0.3, -0.25) is 9.48 Å². The number of rotatable bonds is 6. The lowest BCUT2D eigenvalue weighted by Gasteiger charge is -2.18. The number of para-hydroxylation sites is 1. The zero-order chi connectivity index (χ0) is 16.1. The SMILES string of the molecule is CCn1nc(C)c(CN(C)C(=O)COc2ccccc2)c1C. The Morgan fingerprint density at radius 1 is 1.27 bits per heavy atom.